The molecular weight excluding hydrogens is 439 g/mol. The van der Waals surface area contributed by atoms with Gasteiger partial charge in [0.2, 0.25) is 15.9 Å². The largest absolute Gasteiger partial charge is 0.462 e. The van der Waals surface area contributed by atoms with Gasteiger partial charge in [-0.2, -0.15) is 0 Å². The summed E-state index contributed by atoms with van der Waals surface area (Å²) >= 11 is 12.1. The third-order valence-corrected chi connectivity index (χ3v) is 5.70. The van der Waals surface area contributed by atoms with Crippen LogP contribution in [0.4, 0.5) is 11.4 Å². The summed E-state index contributed by atoms with van der Waals surface area (Å²) in [6.45, 7) is 3.24. The summed E-state index contributed by atoms with van der Waals surface area (Å²) in [5, 5.41) is 2.96. The predicted octanol–water partition coefficient (Wildman–Crippen LogP) is 3.96. The minimum atomic E-state index is -3.89. The van der Waals surface area contributed by atoms with E-state index < -0.39 is 27.9 Å². The summed E-state index contributed by atoms with van der Waals surface area (Å²) in [6.07, 6.45) is 0.959. The molecular formula is C19H20Cl2N2O5S. The zero-order chi connectivity index (χ0) is 21.8. The van der Waals surface area contributed by atoms with Crippen molar-refractivity contribution in [3.05, 3.63) is 58.1 Å². The van der Waals surface area contributed by atoms with Crippen LogP contribution in [0, 0.1) is 0 Å². The van der Waals surface area contributed by atoms with Crippen molar-refractivity contribution in [2.24, 2.45) is 0 Å². The molecule has 2 aromatic carbocycles. The van der Waals surface area contributed by atoms with E-state index >= 15 is 0 Å². The number of rotatable bonds is 7. The Bertz CT molecular complexity index is 1030. The number of hydrogen-bond donors (Lipinski definition) is 1. The lowest BCUT2D eigenvalue weighted by Crippen LogP contribution is -2.45. The molecule has 29 heavy (non-hydrogen) atoms. The van der Waals surface area contributed by atoms with Gasteiger partial charge in [0.1, 0.15) is 6.04 Å². The molecule has 2 rings (SSSR count). The van der Waals surface area contributed by atoms with Crippen LogP contribution in [0.3, 0.4) is 0 Å². The summed E-state index contributed by atoms with van der Waals surface area (Å²) in [5.41, 5.74) is 0.429. The number of benzene rings is 2. The monoisotopic (exact) mass is 458 g/mol. The number of esters is 1. The summed E-state index contributed by atoms with van der Waals surface area (Å²) < 4.78 is 30.7. The van der Waals surface area contributed by atoms with Gasteiger partial charge in [0.15, 0.2) is 0 Å². The van der Waals surface area contributed by atoms with Gasteiger partial charge in [0.25, 0.3) is 0 Å². The Labute approximate surface area is 179 Å². The molecule has 0 radical (unpaired) electrons. The Morgan fingerprint density at radius 3 is 2.45 bits per heavy atom. The van der Waals surface area contributed by atoms with E-state index in [1.165, 1.54) is 37.3 Å². The smallest absolute Gasteiger partial charge is 0.340 e. The Kier molecular flexibility index (Phi) is 7.51. The van der Waals surface area contributed by atoms with Crippen molar-refractivity contribution in [1.82, 2.24) is 0 Å². The lowest BCUT2D eigenvalue weighted by Gasteiger charge is -2.29. The molecule has 0 spiro atoms. The van der Waals surface area contributed by atoms with Crippen LogP contribution in [-0.2, 0) is 19.6 Å². The number of nitrogens with one attached hydrogen (secondary N) is 1. The molecule has 0 fully saturated rings. The highest BCUT2D eigenvalue weighted by Gasteiger charge is 2.31. The minimum Gasteiger partial charge on any atom is -0.462 e. The van der Waals surface area contributed by atoms with Gasteiger partial charge in [-0.05, 0) is 44.2 Å². The van der Waals surface area contributed by atoms with Crippen LogP contribution >= 0.6 is 23.2 Å². The first kappa shape index (κ1) is 23.0. The van der Waals surface area contributed by atoms with E-state index in [1.807, 2.05) is 0 Å². The van der Waals surface area contributed by atoms with Gasteiger partial charge in [-0.1, -0.05) is 35.3 Å². The second-order valence-corrected chi connectivity index (χ2v) is 8.79. The standard InChI is InChI=1S/C19H20Cl2N2O5S/c1-4-28-19(25)14-7-5-6-8-16(14)22-18(24)12(2)23(29(3,26)27)17-11-13(20)9-10-15(17)21/h5-12H,4H2,1-3H3,(H,22,24)/t12-/m0/s1. The number of carbonyl (C=O) groups excluding carboxylic acids is 2. The molecule has 0 bridgehead atoms. The van der Waals surface area contributed by atoms with Gasteiger partial charge < -0.3 is 10.1 Å². The number of sulfonamides is 1. The maximum atomic E-state index is 12.9. The second kappa shape index (κ2) is 9.47. The molecule has 156 valence electrons. The van der Waals surface area contributed by atoms with Crippen molar-refractivity contribution in [2.75, 3.05) is 22.5 Å². The molecule has 1 atom stereocenters. The van der Waals surface area contributed by atoms with Crippen molar-refractivity contribution in [2.45, 2.75) is 19.9 Å². The quantitative estimate of drug-likeness (QED) is 0.633. The fourth-order valence-corrected chi connectivity index (χ4v) is 4.26. The van der Waals surface area contributed by atoms with Crippen LogP contribution in [0.2, 0.25) is 10.0 Å². The zero-order valence-corrected chi connectivity index (χ0v) is 18.3. The van der Waals surface area contributed by atoms with Gasteiger partial charge in [0.05, 0.1) is 34.8 Å². The Morgan fingerprint density at radius 1 is 1.17 bits per heavy atom. The molecule has 0 saturated heterocycles. The third kappa shape index (κ3) is 5.62. The number of para-hydroxylation sites is 1. The van der Waals surface area contributed by atoms with Crippen LogP contribution < -0.4 is 9.62 Å². The number of carbonyl (C=O) groups is 2. The van der Waals surface area contributed by atoms with Crippen molar-refractivity contribution in [3.63, 3.8) is 0 Å². The molecule has 0 heterocycles. The van der Waals surface area contributed by atoms with Crippen LogP contribution in [-0.4, -0.2) is 39.2 Å². The lowest BCUT2D eigenvalue weighted by atomic mass is 10.1. The third-order valence-electron chi connectivity index (χ3n) is 3.91. The molecule has 0 aromatic heterocycles. The number of anilines is 2. The van der Waals surface area contributed by atoms with E-state index in [0.29, 0.717) is 0 Å². The van der Waals surface area contributed by atoms with Crippen LogP contribution in [0.15, 0.2) is 42.5 Å². The summed E-state index contributed by atoms with van der Waals surface area (Å²) in [7, 11) is -3.89. The van der Waals surface area contributed by atoms with Gasteiger partial charge in [-0.15, -0.1) is 0 Å². The minimum absolute atomic E-state index is 0.0722. The van der Waals surface area contributed by atoms with Crippen LogP contribution in [0.5, 0.6) is 0 Å². The topological polar surface area (TPSA) is 92.8 Å². The Balaban J connectivity index is 2.39. The average molecular weight is 459 g/mol. The summed E-state index contributed by atoms with van der Waals surface area (Å²) in [5.74, 6) is -1.27. The van der Waals surface area contributed by atoms with Gasteiger partial charge >= 0.3 is 5.97 Å². The average Bonchev–Trinajstić information content (AvgIpc) is 2.64. The fraction of sp³-hybridized carbons (Fsp3) is 0.263. The molecule has 0 aliphatic rings. The molecule has 7 nitrogen and oxygen atoms in total. The maximum Gasteiger partial charge on any atom is 0.340 e. The first-order valence-electron chi connectivity index (χ1n) is 8.57. The van der Waals surface area contributed by atoms with Crippen molar-refractivity contribution < 1.29 is 22.7 Å². The molecule has 1 N–H and O–H groups in total. The highest BCUT2D eigenvalue weighted by Crippen LogP contribution is 2.32. The van der Waals surface area contributed by atoms with Crippen molar-refractivity contribution >= 4 is 56.5 Å². The number of halogens is 2. The van der Waals surface area contributed by atoms with Crippen LogP contribution in [0.25, 0.3) is 0 Å². The van der Waals surface area contributed by atoms with Gasteiger partial charge in [-0.3, -0.25) is 9.10 Å². The molecule has 1 amide bonds. The van der Waals surface area contributed by atoms with E-state index in [-0.39, 0.29) is 33.6 Å². The molecule has 0 unspecified atom stereocenters. The lowest BCUT2D eigenvalue weighted by molar-refractivity contribution is -0.116. The van der Waals surface area contributed by atoms with E-state index in [4.69, 9.17) is 27.9 Å². The number of hydrogen-bond acceptors (Lipinski definition) is 5. The normalized spacial score (nSPS) is 12.2. The molecule has 0 saturated carbocycles. The molecule has 0 aliphatic carbocycles. The van der Waals surface area contributed by atoms with Crippen LogP contribution in [0.1, 0.15) is 24.2 Å². The first-order chi connectivity index (χ1) is 13.6. The predicted molar refractivity (Wildman–Crippen MR) is 114 cm³/mol. The van der Waals surface area contributed by atoms with Crippen molar-refractivity contribution in [3.8, 4) is 0 Å². The fourth-order valence-electron chi connectivity index (χ4n) is 2.65. The number of nitrogens with zero attached hydrogens (tertiary/aromatic N) is 1. The first-order valence-corrected chi connectivity index (χ1v) is 11.2. The molecule has 0 aliphatic heterocycles. The SMILES string of the molecule is CCOC(=O)c1ccccc1NC(=O)[C@H](C)N(c1cc(Cl)ccc1Cl)S(C)(=O)=O. The zero-order valence-electron chi connectivity index (χ0n) is 16.0. The Hall–Kier alpha value is -2.29. The molecule has 10 heteroatoms. The van der Waals surface area contributed by atoms with E-state index in [9.17, 15) is 18.0 Å². The van der Waals surface area contributed by atoms with E-state index in [1.54, 1.807) is 19.1 Å². The highest BCUT2D eigenvalue weighted by atomic mass is 35.5. The maximum absolute atomic E-state index is 12.9. The molecule has 2 aromatic rings. The summed E-state index contributed by atoms with van der Waals surface area (Å²) in [6, 6.07) is 9.41. The number of amides is 1. The van der Waals surface area contributed by atoms with E-state index in [2.05, 4.69) is 5.32 Å². The highest BCUT2D eigenvalue weighted by molar-refractivity contribution is 7.92. The van der Waals surface area contributed by atoms with E-state index in [0.717, 1.165) is 10.6 Å². The van der Waals surface area contributed by atoms with Crippen molar-refractivity contribution in [1.29, 1.82) is 0 Å². The van der Waals surface area contributed by atoms with Gasteiger partial charge in [0, 0.05) is 5.02 Å². The second-order valence-electron chi connectivity index (χ2n) is 6.09. The van der Waals surface area contributed by atoms with Gasteiger partial charge in [-0.25, -0.2) is 13.2 Å². The number of ether oxygens (including phenoxy) is 1. The Morgan fingerprint density at radius 2 is 1.83 bits per heavy atom. The summed E-state index contributed by atoms with van der Waals surface area (Å²) in [4.78, 5) is 25.0.